The van der Waals surface area contributed by atoms with Crippen LogP contribution in [0, 0.1) is 0 Å². The third kappa shape index (κ3) is 2.69. The number of hydrogen-bond acceptors (Lipinski definition) is 3. The number of thioether (sulfide) groups is 1. The van der Waals surface area contributed by atoms with Gasteiger partial charge in [0.15, 0.2) is 0 Å². The van der Waals surface area contributed by atoms with Crippen molar-refractivity contribution in [3.05, 3.63) is 23.8 Å². The van der Waals surface area contributed by atoms with Crippen molar-refractivity contribution in [2.24, 2.45) is 0 Å². The Bertz CT molecular complexity index is 445. The van der Waals surface area contributed by atoms with Gasteiger partial charge in [-0.25, -0.2) is 0 Å². The van der Waals surface area contributed by atoms with Gasteiger partial charge >= 0.3 is 0 Å². The highest BCUT2D eigenvalue weighted by Crippen LogP contribution is 2.31. The molecule has 1 aromatic carbocycles. The number of nitrogens with zero attached hydrogens (tertiary/aromatic N) is 1. The Morgan fingerprint density at radius 3 is 3.06 bits per heavy atom. The van der Waals surface area contributed by atoms with E-state index in [-0.39, 0.29) is 5.91 Å². The van der Waals surface area contributed by atoms with Crippen molar-refractivity contribution in [2.45, 2.75) is 24.7 Å². The fourth-order valence-electron chi connectivity index (χ4n) is 2.12. The van der Waals surface area contributed by atoms with E-state index in [0.717, 1.165) is 36.3 Å². The second-order valence-electron chi connectivity index (χ2n) is 4.04. The van der Waals surface area contributed by atoms with Crippen LogP contribution in [-0.4, -0.2) is 24.5 Å². The van der Waals surface area contributed by atoms with Gasteiger partial charge < -0.3 is 9.69 Å². The monoisotopic (exact) mass is 249 g/mol. The predicted octanol–water partition coefficient (Wildman–Crippen LogP) is 2.28. The van der Waals surface area contributed by atoms with Crippen LogP contribution in [0.15, 0.2) is 23.1 Å². The maximum atomic E-state index is 11.5. The lowest BCUT2D eigenvalue weighted by atomic mass is 10.0. The summed E-state index contributed by atoms with van der Waals surface area (Å²) in [6, 6.07) is 6.07. The Kier molecular flexibility index (Phi) is 3.84. The van der Waals surface area contributed by atoms with E-state index in [2.05, 4.69) is 6.07 Å². The highest BCUT2D eigenvalue weighted by atomic mass is 32.2. The first-order valence-electron chi connectivity index (χ1n) is 5.70. The zero-order valence-electron chi connectivity index (χ0n) is 9.81. The van der Waals surface area contributed by atoms with Gasteiger partial charge in [0.1, 0.15) is 6.29 Å². The van der Waals surface area contributed by atoms with Crippen molar-refractivity contribution in [3.8, 4) is 0 Å². The molecule has 0 radical (unpaired) electrons. The number of anilines is 1. The summed E-state index contributed by atoms with van der Waals surface area (Å²) in [6.45, 7) is 2.41. The van der Waals surface area contributed by atoms with Crippen molar-refractivity contribution < 1.29 is 9.59 Å². The van der Waals surface area contributed by atoms with Crippen molar-refractivity contribution in [1.29, 1.82) is 0 Å². The first-order valence-corrected chi connectivity index (χ1v) is 6.68. The van der Waals surface area contributed by atoms with Gasteiger partial charge in [-0.2, -0.15) is 0 Å². The normalized spacial score (nSPS) is 14.3. The zero-order chi connectivity index (χ0) is 12.3. The van der Waals surface area contributed by atoms with Crippen LogP contribution >= 0.6 is 11.8 Å². The van der Waals surface area contributed by atoms with Gasteiger partial charge in [-0.1, -0.05) is 0 Å². The van der Waals surface area contributed by atoms with Gasteiger partial charge in [0.05, 0.1) is 5.75 Å². The molecule has 0 fully saturated rings. The summed E-state index contributed by atoms with van der Waals surface area (Å²) in [6.07, 6.45) is 2.93. The Morgan fingerprint density at radius 1 is 1.53 bits per heavy atom. The molecule has 1 aliphatic rings. The molecule has 0 aliphatic carbocycles. The molecule has 0 spiro atoms. The molecule has 90 valence electrons. The summed E-state index contributed by atoms with van der Waals surface area (Å²) in [5.74, 6) is 0.578. The van der Waals surface area contributed by atoms with E-state index in [1.165, 1.54) is 17.3 Å². The van der Waals surface area contributed by atoms with E-state index in [1.54, 1.807) is 6.92 Å². The number of carbonyl (C=O) groups is 2. The summed E-state index contributed by atoms with van der Waals surface area (Å²) in [5.41, 5.74) is 2.24. The van der Waals surface area contributed by atoms with Crippen LogP contribution in [0.5, 0.6) is 0 Å². The highest BCUT2D eigenvalue weighted by Gasteiger charge is 2.19. The Balaban J connectivity index is 2.26. The third-order valence-electron chi connectivity index (χ3n) is 2.87. The summed E-state index contributed by atoms with van der Waals surface area (Å²) in [7, 11) is 0. The molecule has 1 heterocycles. The highest BCUT2D eigenvalue weighted by molar-refractivity contribution is 7.99. The van der Waals surface area contributed by atoms with Crippen LogP contribution in [0.3, 0.4) is 0 Å². The van der Waals surface area contributed by atoms with Gasteiger partial charge in [0, 0.05) is 24.1 Å². The minimum atomic E-state index is 0.0965. The Hall–Kier alpha value is -1.29. The van der Waals surface area contributed by atoms with Crippen molar-refractivity contribution in [2.75, 3.05) is 17.2 Å². The number of hydrogen-bond donors (Lipinski definition) is 0. The number of carbonyl (C=O) groups excluding carboxylic acids is 2. The predicted molar refractivity (Wildman–Crippen MR) is 69.6 cm³/mol. The van der Waals surface area contributed by atoms with Gasteiger partial charge in [-0.15, -0.1) is 11.8 Å². The number of aldehydes is 1. The quantitative estimate of drug-likeness (QED) is 0.609. The summed E-state index contributed by atoms with van der Waals surface area (Å²) < 4.78 is 0. The van der Waals surface area contributed by atoms with E-state index in [9.17, 15) is 9.59 Å². The number of rotatable bonds is 3. The molecule has 1 aliphatic heterocycles. The number of fused-ring (bicyclic) bond motifs is 1. The van der Waals surface area contributed by atoms with Gasteiger partial charge in [0.25, 0.3) is 0 Å². The van der Waals surface area contributed by atoms with E-state index >= 15 is 0 Å². The van der Waals surface area contributed by atoms with Gasteiger partial charge in [-0.05, 0) is 36.6 Å². The Labute approximate surface area is 105 Å². The van der Waals surface area contributed by atoms with E-state index < -0.39 is 0 Å². The van der Waals surface area contributed by atoms with Crippen LogP contribution in [0.2, 0.25) is 0 Å². The molecular weight excluding hydrogens is 234 g/mol. The van der Waals surface area contributed by atoms with E-state index in [0.29, 0.717) is 5.75 Å². The van der Waals surface area contributed by atoms with Crippen LogP contribution in [-0.2, 0) is 16.0 Å². The smallest absolute Gasteiger partial charge is 0.223 e. The fraction of sp³-hybridized carbons (Fsp3) is 0.385. The maximum Gasteiger partial charge on any atom is 0.223 e. The molecule has 17 heavy (non-hydrogen) atoms. The Morgan fingerprint density at radius 2 is 2.35 bits per heavy atom. The minimum absolute atomic E-state index is 0.0965. The first kappa shape index (κ1) is 12.2. The number of aryl methyl sites for hydroxylation is 1. The van der Waals surface area contributed by atoms with Crippen LogP contribution in [0.1, 0.15) is 18.9 Å². The molecule has 3 nitrogen and oxygen atoms in total. The topological polar surface area (TPSA) is 37.4 Å². The molecule has 0 saturated carbocycles. The molecule has 0 aromatic heterocycles. The lowest BCUT2D eigenvalue weighted by molar-refractivity contribution is -0.116. The largest absolute Gasteiger partial charge is 0.312 e. The lowest BCUT2D eigenvalue weighted by Crippen LogP contribution is -2.33. The van der Waals surface area contributed by atoms with Crippen molar-refractivity contribution >= 4 is 29.6 Å². The molecule has 0 saturated heterocycles. The van der Waals surface area contributed by atoms with Crippen LogP contribution in [0.25, 0.3) is 0 Å². The molecule has 2 rings (SSSR count). The number of amides is 1. The zero-order valence-corrected chi connectivity index (χ0v) is 10.6. The summed E-state index contributed by atoms with van der Waals surface area (Å²) >= 11 is 1.53. The van der Waals surface area contributed by atoms with E-state index in [1.807, 2.05) is 17.0 Å². The lowest BCUT2D eigenvalue weighted by Gasteiger charge is -2.28. The van der Waals surface area contributed by atoms with E-state index in [4.69, 9.17) is 0 Å². The minimum Gasteiger partial charge on any atom is -0.312 e. The molecule has 0 N–H and O–H groups in total. The van der Waals surface area contributed by atoms with Crippen molar-refractivity contribution in [1.82, 2.24) is 0 Å². The van der Waals surface area contributed by atoms with Gasteiger partial charge in [-0.3, -0.25) is 4.79 Å². The van der Waals surface area contributed by atoms with Crippen LogP contribution < -0.4 is 4.90 Å². The molecule has 4 heteroatoms. The van der Waals surface area contributed by atoms with Crippen LogP contribution in [0.4, 0.5) is 5.69 Å². The van der Waals surface area contributed by atoms with Gasteiger partial charge in [0.2, 0.25) is 5.91 Å². The summed E-state index contributed by atoms with van der Waals surface area (Å²) in [4.78, 5) is 24.8. The second-order valence-corrected chi connectivity index (χ2v) is 5.14. The van der Waals surface area contributed by atoms with Crippen molar-refractivity contribution in [3.63, 3.8) is 0 Å². The molecule has 1 amide bonds. The molecule has 1 aromatic rings. The SMILES string of the molecule is CC(=O)N1CCCc2cc(SCC=O)ccc21. The maximum absolute atomic E-state index is 11.5. The first-order chi connectivity index (χ1) is 8.22. The standard InChI is InChI=1S/C13H15NO2S/c1-10(16)14-6-2-3-11-9-12(17-8-7-15)4-5-13(11)14/h4-5,7,9H,2-3,6,8H2,1H3. The second kappa shape index (κ2) is 5.36. The molecule has 0 atom stereocenters. The average molecular weight is 249 g/mol. The molecule has 0 unspecified atom stereocenters. The average Bonchev–Trinajstić information content (AvgIpc) is 2.35. The molecule has 0 bridgehead atoms. The third-order valence-corrected chi connectivity index (χ3v) is 3.76. The number of benzene rings is 1. The summed E-state index contributed by atoms with van der Waals surface area (Å²) in [5, 5.41) is 0. The fourth-order valence-corrected chi connectivity index (χ4v) is 2.77. The molecular formula is C13H15NO2S.